The van der Waals surface area contributed by atoms with E-state index in [-0.39, 0.29) is 0 Å². The Balaban J connectivity index is 1.51. The molecule has 2 aromatic carbocycles. The number of aliphatic hydroxyl groups excluding tert-OH is 1. The Kier molecular flexibility index (Phi) is 5.21. The van der Waals surface area contributed by atoms with Crippen LogP contribution >= 0.6 is 11.6 Å². The maximum atomic E-state index is 10.3. The molecule has 0 bridgehead atoms. The molecule has 1 aliphatic heterocycles. The number of halogens is 1. The zero-order chi connectivity index (χ0) is 16.2. The van der Waals surface area contributed by atoms with Crippen molar-refractivity contribution in [1.29, 1.82) is 0 Å². The Morgan fingerprint density at radius 3 is 2.78 bits per heavy atom. The molecule has 1 N–H and O–H groups in total. The Morgan fingerprint density at radius 1 is 1.22 bits per heavy atom. The monoisotopic (exact) mass is 331 g/mol. The van der Waals surface area contributed by atoms with Crippen molar-refractivity contribution in [2.24, 2.45) is 0 Å². The van der Waals surface area contributed by atoms with Gasteiger partial charge in [-0.25, -0.2) is 0 Å². The summed E-state index contributed by atoms with van der Waals surface area (Å²) in [6.07, 6.45) is 0.537. The third-order valence-corrected chi connectivity index (χ3v) is 4.48. The summed E-state index contributed by atoms with van der Waals surface area (Å²) >= 11 is 5.94. The lowest BCUT2D eigenvalue weighted by Crippen LogP contribution is -2.38. The second-order valence-electron chi connectivity index (χ2n) is 6.13. The van der Waals surface area contributed by atoms with Crippen molar-refractivity contribution in [1.82, 2.24) is 4.90 Å². The number of hydrogen-bond donors (Lipinski definition) is 1. The highest BCUT2D eigenvalue weighted by Gasteiger charge is 2.18. The summed E-state index contributed by atoms with van der Waals surface area (Å²) in [6, 6.07) is 14.0. The first kappa shape index (κ1) is 16.3. The van der Waals surface area contributed by atoms with Crippen LogP contribution in [-0.2, 0) is 13.0 Å². The highest BCUT2D eigenvalue weighted by Crippen LogP contribution is 2.22. The molecule has 0 aromatic heterocycles. The van der Waals surface area contributed by atoms with Crippen LogP contribution in [0.25, 0.3) is 0 Å². The third kappa shape index (κ3) is 4.25. The first-order valence-corrected chi connectivity index (χ1v) is 8.36. The quantitative estimate of drug-likeness (QED) is 0.911. The van der Waals surface area contributed by atoms with Crippen LogP contribution < -0.4 is 4.74 Å². The first-order chi connectivity index (χ1) is 11.1. The maximum Gasteiger partial charge on any atom is 0.122 e. The average molecular weight is 332 g/mol. The molecule has 3 nitrogen and oxygen atoms in total. The fourth-order valence-corrected chi connectivity index (χ4v) is 3.25. The largest absolute Gasteiger partial charge is 0.491 e. The number of fused-ring (bicyclic) bond motifs is 1. The van der Waals surface area contributed by atoms with Gasteiger partial charge in [-0.3, -0.25) is 4.90 Å². The molecular formula is C19H22ClNO2. The van der Waals surface area contributed by atoms with E-state index in [9.17, 15) is 5.11 Å². The molecule has 0 saturated heterocycles. The Labute approximate surface area is 142 Å². The van der Waals surface area contributed by atoms with Gasteiger partial charge < -0.3 is 9.84 Å². The van der Waals surface area contributed by atoms with Gasteiger partial charge in [-0.15, -0.1) is 0 Å². The van der Waals surface area contributed by atoms with Gasteiger partial charge in [0, 0.05) is 24.7 Å². The van der Waals surface area contributed by atoms with E-state index in [0.29, 0.717) is 18.2 Å². The number of benzene rings is 2. The average Bonchev–Trinajstić information content (AvgIpc) is 2.54. The number of rotatable bonds is 5. The summed E-state index contributed by atoms with van der Waals surface area (Å²) < 4.78 is 5.73. The highest BCUT2D eigenvalue weighted by atomic mass is 35.5. The van der Waals surface area contributed by atoms with Crippen LogP contribution in [0.4, 0.5) is 0 Å². The zero-order valence-electron chi connectivity index (χ0n) is 13.3. The molecule has 122 valence electrons. The zero-order valence-corrected chi connectivity index (χ0v) is 14.1. The second-order valence-corrected chi connectivity index (χ2v) is 6.56. The van der Waals surface area contributed by atoms with Crippen LogP contribution in [0.5, 0.6) is 5.75 Å². The van der Waals surface area contributed by atoms with E-state index in [4.69, 9.17) is 16.3 Å². The highest BCUT2D eigenvalue weighted by molar-refractivity contribution is 6.30. The fourth-order valence-electron chi connectivity index (χ4n) is 3.02. The van der Waals surface area contributed by atoms with Gasteiger partial charge in [0.05, 0.1) is 0 Å². The predicted octanol–water partition coefficient (Wildman–Crippen LogP) is 3.45. The van der Waals surface area contributed by atoms with Gasteiger partial charge in [0.25, 0.3) is 0 Å². The number of β-amino-alcohol motifs (C(OH)–C–C–N with tert-alkyl or cyclic N) is 1. The summed E-state index contributed by atoms with van der Waals surface area (Å²) in [6.45, 7) is 4.75. The van der Waals surface area contributed by atoms with E-state index >= 15 is 0 Å². The van der Waals surface area contributed by atoms with Gasteiger partial charge in [0.2, 0.25) is 0 Å². The van der Waals surface area contributed by atoms with Crippen molar-refractivity contribution >= 4 is 11.6 Å². The third-order valence-electron chi connectivity index (χ3n) is 4.25. The van der Waals surface area contributed by atoms with Gasteiger partial charge in [0.15, 0.2) is 0 Å². The SMILES string of the molecule is Cc1cc(Cl)ccc1OCC(O)CN1CCc2ccccc2C1. The molecule has 0 spiro atoms. The van der Waals surface area contributed by atoms with Gasteiger partial charge in [0.1, 0.15) is 18.5 Å². The van der Waals surface area contributed by atoms with E-state index in [0.717, 1.165) is 30.8 Å². The molecule has 1 aliphatic rings. The number of ether oxygens (including phenoxy) is 1. The van der Waals surface area contributed by atoms with Crippen molar-refractivity contribution in [2.45, 2.75) is 26.0 Å². The normalized spacial score (nSPS) is 16.0. The van der Waals surface area contributed by atoms with Gasteiger partial charge >= 0.3 is 0 Å². The molecular weight excluding hydrogens is 310 g/mol. The van der Waals surface area contributed by atoms with Crippen molar-refractivity contribution in [3.8, 4) is 5.75 Å². The minimum Gasteiger partial charge on any atom is -0.491 e. The summed E-state index contributed by atoms with van der Waals surface area (Å²) in [5.41, 5.74) is 3.77. The molecule has 23 heavy (non-hydrogen) atoms. The summed E-state index contributed by atoms with van der Waals surface area (Å²) in [5.74, 6) is 0.775. The molecule has 0 saturated carbocycles. The Morgan fingerprint density at radius 2 is 2.00 bits per heavy atom. The molecule has 0 aliphatic carbocycles. The Hall–Kier alpha value is -1.55. The lowest BCUT2D eigenvalue weighted by Gasteiger charge is -2.30. The lowest BCUT2D eigenvalue weighted by molar-refractivity contribution is 0.0635. The van der Waals surface area contributed by atoms with Crippen LogP contribution in [0.15, 0.2) is 42.5 Å². The van der Waals surface area contributed by atoms with Gasteiger partial charge in [-0.05, 0) is 48.2 Å². The fraction of sp³-hybridized carbons (Fsp3) is 0.368. The molecule has 4 heteroatoms. The van der Waals surface area contributed by atoms with Crippen molar-refractivity contribution in [3.63, 3.8) is 0 Å². The number of hydrogen-bond acceptors (Lipinski definition) is 3. The number of aliphatic hydroxyl groups is 1. The van der Waals surface area contributed by atoms with Gasteiger partial charge in [-0.2, -0.15) is 0 Å². The van der Waals surface area contributed by atoms with Crippen LogP contribution in [0.2, 0.25) is 5.02 Å². The summed E-state index contributed by atoms with van der Waals surface area (Å²) in [5, 5.41) is 11.0. The van der Waals surface area contributed by atoms with Gasteiger partial charge in [-0.1, -0.05) is 35.9 Å². The minimum absolute atomic E-state index is 0.292. The van der Waals surface area contributed by atoms with Crippen LogP contribution in [0.1, 0.15) is 16.7 Å². The molecule has 0 radical (unpaired) electrons. The van der Waals surface area contributed by atoms with Crippen LogP contribution in [0.3, 0.4) is 0 Å². The van der Waals surface area contributed by atoms with Crippen LogP contribution in [-0.4, -0.2) is 35.8 Å². The molecule has 2 aromatic rings. The molecule has 0 amide bonds. The second kappa shape index (κ2) is 7.35. The Bertz CT molecular complexity index is 674. The van der Waals surface area contributed by atoms with E-state index in [1.165, 1.54) is 11.1 Å². The van der Waals surface area contributed by atoms with Crippen LogP contribution in [0, 0.1) is 6.92 Å². The molecule has 0 fully saturated rings. The van der Waals surface area contributed by atoms with Crippen molar-refractivity contribution in [3.05, 3.63) is 64.2 Å². The van der Waals surface area contributed by atoms with Crippen molar-refractivity contribution < 1.29 is 9.84 Å². The predicted molar refractivity (Wildman–Crippen MR) is 93.1 cm³/mol. The minimum atomic E-state index is -0.504. The summed E-state index contributed by atoms with van der Waals surface area (Å²) in [7, 11) is 0. The molecule has 1 atom stereocenters. The van der Waals surface area contributed by atoms with E-state index in [1.54, 1.807) is 6.07 Å². The standard InChI is InChI=1S/C19H22ClNO2/c1-14-10-17(20)6-7-19(14)23-13-18(22)12-21-9-8-15-4-2-3-5-16(15)11-21/h2-7,10,18,22H,8-9,11-13H2,1H3. The van der Waals surface area contributed by atoms with Crippen molar-refractivity contribution in [2.75, 3.05) is 19.7 Å². The number of nitrogens with zero attached hydrogens (tertiary/aromatic N) is 1. The molecule has 1 unspecified atom stereocenters. The molecule has 3 rings (SSSR count). The molecule has 1 heterocycles. The topological polar surface area (TPSA) is 32.7 Å². The van der Waals surface area contributed by atoms with E-state index < -0.39 is 6.10 Å². The summed E-state index contributed by atoms with van der Waals surface area (Å²) in [4.78, 5) is 2.28. The lowest BCUT2D eigenvalue weighted by atomic mass is 10.00. The maximum absolute atomic E-state index is 10.3. The van der Waals surface area contributed by atoms with E-state index in [1.807, 2.05) is 19.1 Å². The van der Waals surface area contributed by atoms with E-state index in [2.05, 4.69) is 29.2 Å². The smallest absolute Gasteiger partial charge is 0.122 e. The first-order valence-electron chi connectivity index (χ1n) is 7.98. The number of aryl methyl sites for hydroxylation is 1.